The monoisotopic (exact) mass is 395 g/mol. The summed E-state index contributed by atoms with van der Waals surface area (Å²) in [7, 11) is 0. The van der Waals surface area contributed by atoms with Crippen LogP contribution >= 0.6 is 0 Å². The number of amides is 1. The molecule has 0 saturated carbocycles. The van der Waals surface area contributed by atoms with Gasteiger partial charge in [-0.1, -0.05) is 25.1 Å². The van der Waals surface area contributed by atoms with E-state index in [1.165, 1.54) is 37.2 Å². The molecule has 3 heterocycles. The van der Waals surface area contributed by atoms with Crippen molar-refractivity contribution in [3.05, 3.63) is 53.5 Å². The Morgan fingerprint density at radius 3 is 2.79 bits per heavy atom. The van der Waals surface area contributed by atoms with Gasteiger partial charge in [-0.3, -0.25) is 4.79 Å². The summed E-state index contributed by atoms with van der Waals surface area (Å²) in [4.78, 5) is 17.6. The zero-order valence-corrected chi connectivity index (χ0v) is 17.7. The highest BCUT2D eigenvalue weighted by molar-refractivity contribution is 5.95. The highest BCUT2D eigenvalue weighted by Gasteiger charge is 2.28. The highest BCUT2D eigenvalue weighted by Crippen LogP contribution is 2.33. The van der Waals surface area contributed by atoms with Crippen molar-refractivity contribution in [2.45, 2.75) is 52.1 Å². The van der Waals surface area contributed by atoms with Gasteiger partial charge in [-0.15, -0.1) is 0 Å². The molecule has 1 aromatic heterocycles. The maximum absolute atomic E-state index is 12.7. The molecule has 2 aliphatic rings. The Hall–Kier alpha value is -2.27. The number of benzene rings is 1. The third kappa shape index (κ3) is 4.67. The van der Waals surface area contributed by atoms with Gasteiger partial charge < -0.3 is 19.5 Å². The average molecular weight is 396 g/mol. The Kier molecular flexibility index (Phi) is 6.24. The number of nitrogens with one attached hydrogen (secondary N) is 1. The molecule has 0 bridgehead atoms. The number of fused-ring (bicyclic) bond motifs is 1. The fraction of sp³-hybridized carbons (Fsp3) is 0.542. The molecule has 0 aliphatic carbocycles. The first-order valence-corrected chi connectivity index (χ1v) is 11.0. The SMILES string of the molecule is CC1CCN(CCCNC(=O)c2ccoc2CN2c3ccccc3CC2C)CC1. The number of carbonyl (C=O) groups is 1. The van der Waals surface area contributed by atoms with Crippen LogP contribution in [-0.2, 0) is 13.0 Å². The van der Waals surface area contributed by atoms with Crippen LogP contribution in [0.3, 0.4) is 0 Å². The Bertz CT molecular complexity index is 823. The van der Waals surface area contributed by atoms with Gasteiger partial charge in [-0.2, -0.15) is 0 Å². The third-order valence-electron chi connectivity index (χ3n) is 6.47. The molecule has 5 nitrogen and oxygen atoms in total. The zero-order chi connectivity index (χ0) is 20.2. The van der Waals surface area contributed by atoms with Crippen LogP contribution in [0.25, 0.3) is 0 Å². The molecule has 0 spiro atoms. The molecular formula is C24H33N3O2. The van der Waals surface area contributed by atoms with E-state index in [1.54, 1.807) is 12.3 Å². The van der Waals surface area contributed by atoms with E-state index in [9.17, 15) is 4.79 Å². The minimum atomic E-state index is -0.0267. The molecule has 5 heteroatoms. The molecule has 1 aromatic carbocycles. The van der Waals surface area contributed by atoms with Gasteiger partial charge in [0.2, 0.25) is 0 Å². The molecule has 1 N–H and O–H groups in total. The van der Waals surface area contributed by atoms with E-state index in [-0.39, 0.29) is 5.91 Å². The number of para-hydroxylation sites is 1. The molecule has 2 aliphatic heterocycles. The van der Waals surface area contributed by atoms with Gasteiger partial charge in [0.05, 0.1) is 18.4 Å². The molecule has 1 fully saturated rings. The number of anilines is 1. The molecule has 1 unspecified atom stereocenters. The zero-order valence-electron chi connectivity index (χ0n) is 17.7. The van der Waals surface area contributed by atoms with Crippen LogP contribution in [-0.4, -0.2) is 43.0 Å². The van der Waals surface area contributed by atoms with E-state index < -0.39 is 0 Å². The predicted molar refractivity (Wildman–Crippen MR) is 116 cm³/mol. The van der Waals surface area contributed by atoms with E-state index in [0.29, 0.717) is 24.7 Å². The average Bonchev–Trinajstić information content (AvgIpc) is 3.31. The summed E-state index contributed by atoms with van der Waals surface area (Å²) in [6.45, 7) is 9.34. The molecular weight excluding hydrogens is 362 g/mol. The first kappa shape index (κ1) is 20.0. The Balaban J connectivity index is 1.29. The van der Waals surface area contributed by atoms with Crippen molar-refractivity contribution in [1.82, 2.24) is 10.2 Å². The molecule has 0 radical (unpaired) electrons. The lowest BCUT2D eigenvalue weighted by molar-refractivity contribution is 0.0948. The van der Waals surface area contributed by atoms with Crippen LogP contribution in [0.2, 0.25) is 0 Å². The van der Waals surface area contributed by atoms with Crippen molar-refractivity contribution < 1.29 is 9.21 Å². The topological polar surface area (TPSA) is 48.7 Å². The smallest absolute Gasteiger partial charge is 0.254 e. The van der Waals surface area contributed by atoms with Crippen LogP contribution in [0.15, 0.2) is 41.0 Å². The summed E-state index contributed by atoms with van der Waals surface area (Å²) >= 11 is 0. The number of nitrogens with zero attached hydrogens (tertiary/aromatic N) is 2. The molecule has 1 saturated heterocycles. The van der Waals surface area contributed by atoms with Crippen molar-refractivity contribution in [2.24, 2.45) is 5.92 Å². The van der Waals surface area contributed by atoms with Crippen LogP contribution in [0, 0.1) is 5.92 Å². The fourth-order valence-electron chi connectivity index (χ4n) is 4.58. The van der Waals surface area contributed by atoms with Crippen molar-refractivity contribution in [1.29, 1.82) is 0 Å². The first-order valence-electron chi connectivity index (χ1n) is 11.0. The highest BCUT2D eigenvalue weighted by atomic mass is 16.3. The fourth-order valence-corrected chi connectivity index (χ4v) is 4.58. The summed E-state index contributed by atoms with van der Waals surface area (Å²) in [5.41, 5.74) is 3.27. The number of rotatable bonds is 7. The number of likely N-dealkylation sites (tertiary alicyclic amines) is 1. The van der Waals surface area contributed by atoms with E-state index in [0.717, 1.165) is 31.1 Å². The van der Waals surface area contributed by atoms with Crippen molar-refractivity contribution >= 4 is 11.6 Å². The second-order valence-electron chi connectivity index (χ2n) is 8.70. The number of carbonyl (C=O) groups excluding carboxylic acids is 1. The lowest BCUT2D eigenvalue weighted by atomic mass is 9.99. The van der Waals surface area contributed by atoms with Crippen LogP contribution < -0.4 is 10.2 Å². The summed E-state index contributed by atoms with van der Waals surface area (Å²) in [6, 6.07) is 10.7. The summed E-state index contributed by atoms with van der Waals surface area (Å²) in [5, 5.41) is 3.08. The maximum atomic E-state index is 12.7. The van der Waals surface area contributed by atoms with Gasteiger partial charge in [0.15, 0.2) is 0 Å². The lowest BCUT2D eigenvalue weighted by Crippen LogP contribution is -2.35. The van der Waals surface area contributed by atoms with Gasteiger partial charge in [0.1, 0.15) is 5.76 Å². The van der Waals surface area contributed by atoms with E-state index in [1.807, 2.05) is 0 Å². The molecule has 29 heavy (non-hydrogen) atoms. The molecule has 1 atom stereocenters. The summed E-state index contributed by atoms with van der Waals surface area (Å²) in [6.07, 6.45) is 6.24. The van der Waals surface area contributed by atoms with E-state index >= 15 is 0 Å². The van der Waals surface area contributed by atoms with Gasteiger partial charge in [0.25, 0.3) is 5.91 Å². The van der Waals surface area contributed by atoms with Crippen LogP contribution in [0.4, 0.5) is 5.69 Å². The molecule has 1 amide bonds. The number of piperidine rings is 1. The van der Waals surface area contributed by atoms with Crippen LogP contribution in [0.5, 0.6) is 0 Å². The van der Waals surface area contributed by atoms with Crippen molar-refractivity contribution in [3.8, 4) is 0 Å². The normalized spacial score (nSPS) is 20.1. The van der Waals surface area contributed by atoms with E-state index in [4.69, 9.17) is 4.42 Å². The second-order valence-corrected chi connectivity index (χ2v) is 8.70. The lowest BCUT2D eigenvalue weighted by Gasteiger charge is -2.30. The van der Waals surface area contributed by atoms with Gasteiger partial charge in [0, 0.05) is 18.3 Å². The van der Waals surface area contributed by atoms with Crippen molar-refractivity contribution in [2.75, 3.05) is 31.1 Å². The molecule has 2 aromatic rings. The van der Waals surface area contributed by atoms with Gasteiger partial charge in [-0.25, -0.2) is 0 Å². The Morgan fingerprint density at radius 1 is 1.17 bits per heavy atom. The van der Waals surface area contributed by atoms with Gasteiger partial charge in [-0.05, 0) is 75.9 Å². The largest absolute Gasteiger partial charge is 0.467 e. The van der Waals surface area contributed by atoms with Gasteiger partial charge >= 0.3 is 0 Å². The summed E-state index contributed by atoms with van der Waals surface area (Å²) < 4.78 is 5.71. The standard InChI is InChI=1S/C24H33N3O2/c1-18-8-13-26(14-9-18)12-5-11-25-24(28)21-10-15-29-23(21)17-27-19(2)16-20-6-3-4-7-22(20)27/h3-4,6-7,10,15,18-19H,5,8-9,11-14,16-17H2,1-2H3,(H,25,28). The Morgan fingerprint density at radius 2 is 1.97 bits per heavy atom. The quantitative estimate of drug-likeness (QED) is 0.718. The van der Waals surface area contributed by atoms with Crippen molar-refractivity contribution in [3.63, 3.8) is 0 Å². The minimum Gasteiger partial charge on any atom is -0.467 e. The summed E-state index contributed by atoms with van der Waals surface area (Å²) in [5.74, 6) is 1.58. The molecule has 156 valence electrons. The minimum absolute atomic E-state index is 0.0267. The molecule has 4 rings (SSSR count). The Labute approximate surface area is 174 Å². The number of furan rings is 1. The van der Waals surface area contributed by atoms with E-state index in [2.05, 4.69) is 53.2 Å². The maximum Gasteiger partial charge on any atom is 0.254 e. The first-order chi connectivity index (χ1) is 14.1. The second kappa shape index (κ2) is 9.04. The van der Waals surface area contributed by atoms with Crippen LogP contribution in [0.1, 0.15) is 54.8 Å². The predicted octanol–water partition coefficient (Wildman–Crippen LogP) is 4.08. The number of hydrogen-bond donors (Lipinski definition) is 1. The third-order valence-corrected chi connectivity index (χ3v) is 6.47. The number of hydrogen-bond acceptors (Lipinski definition) is 4.